The molecule has 3 N–H and O–H groups in total. The Morgan fingerprint density at radius 2 is 1.94 bits per heavy atom. The quantitative estimate of drug-likeness (QED) is 0.443. The number of carbonyl (C=O) groups is 1. The van der Waals surface area contributed by atoms with E-state index >= 15 is 4.39 Å². The van der Waals surface area contributed by atoms with Gasteiger partial charge in [0.15, 0.2) is 5.11 Å². The summed E-state index contributed by atoms with van der Waals surface area (Å²) in [6.07, 6.45) is 1.55. The molecule has 0 unspecified atom stereocenters. The molecule has 6 nitrogen and oxygen atoms in total. The van der Waals surface area contributed by atoms with Gasteiger partial charge in [0, 0.05) is 34.5 Å². The number of ether oxygens (including phenoxy) is 1. The number of benzene rings is 2. The lowest BCUT2D eigenvalue weighted by molar-refractivity contribution is -0.132. The maximum absolute atomic E-state index is 15.2. The lowest BCUT2D eigenvalue weighted by atomic mass is 9.63. The minimum Gasteiger partial charge on any atom is -0.396 e. The number of hydrogen-bond donors (Lipinski definition) is 3. The van der Waals surface area contributed by atoms with E-state index in [2.05, 4.69) is 15.6 Å². The van der Waals surface area contributed by atoms with Crippen LogP contribution in [-0.4, -0.2) is 34.3 Å². The fraction of sp³-hybridized carbons (Fsp3) is 0.296. The average Bonchev–Trinajstić information content (AvgIpc) is 2.86. The fourth-order valence-electron chi connectivity index (χ4n) is 4.61. The van der Waals surface area contributed by atoms with E-state index in [1.54, 1.807) is 43.5 Å². The standard InChI is InChI=1S/C27H27F2N3O3S/c1-17-8-9-19(14-30-17)23-13-26(2,15-33)27(16-35-23,21-11-10-20(28)12-22(21)29)32-25(36)31-24(34)18-6-4-3-5-7-18/h3-12,14,23,33H,13,15-16H2,1-2H3,(H2,31,32,34,36)/t23-,26+,27-/m1/s1. The first-order valence-electron chi connectivity index (χ1n) is 11.5. The first-order valence-corrected chi connectivity index (χ1v) is 11.9. The molecule has 0 aliphatic carbocycles. The third-order valence-electron chi connectivity index (χ3n) is 6.80. The van der Waals surface area contributed by atoms with Crippen molar-refractivity contribution in [2.24, 2.45) is 5.41 Å². The van der Waals surface area contributed by atoms with Gasteiger partial charge in [-0.2, -0.15) is 0 Å². The van der Waals surface area contributed by atoms with Crippen LogP contribution in [0, 0.1) is 24.0 Å². The number of aromatic nitrogens is 1. The predicted molar refractivity (Wildman–Crippen MR) is 135 cm³/mol. The molecule has 2 heterocycles. The normalized spacial score (nSPS) is 23.6. The number of halogens is 2. The van der Waals surface area contributed by atoms with Crippen LogP contribution in [0.4, 0.5) is 8.78 Å². The summed E-state index contributed by atoms with van der Waals surface area (Å²) in [5.41, 5.74) is -0.342. The van der Waals surface area contributed by atoms with Crippen LogP contribution >= 0.6 is 12.2 Å². The van der Waals surface area contributed by atoms with Crippen LogP contribution in [0.5, 0.6) is 0 Å². The maximum Gasteiger partial charge on any atom is 0.257 e. The largest absolute Gasteiger partial charge is 0.396 e. The Hall–Kier alpha value is -3.27. The summed E-state index contributed by atoms with van der Waals surface area (Å²) in [6.45, 7) is 3.17. The summed E-state index contributed by atoms with van der Waals surface area (Å²) in [6, 6.07) is 15.5. The van der Waals surface area contributed by atoms with Crippen LogP contribution in [0.1, 0.15) is 46.6 Å². The highest BCUT2D eigenvalue weighted by molar-refractivity contribution is 7.80. The van der Waals surface area contributed by atoms with Gasteiger partial charge in [0.1, 0.15) is 11.6 Å². The SMILES string of the molecule is Cc1ccc([C@H]2C[C@@](C)(CO)[C@](NC(=S)NC(=O)c3ccccc3)(c3ccc(F)cc3F)CO2)cn1. The van der Waals surface area contributed by atoms with Gasteiger partial charge in [-0.05, 0) is 55.4 Å². The Kier molecular flexibility index (Phi) is 7.44. The van der Waals surface area contributed by atoms with Crippen LogP contribution in [0.2, 0.25) is 0 Å². The highest BCUT2D eigenvalue weighted by Gasteiger charge is 2.55. The third-order valence-corrected chi connectivity index (χ3v) is 7.01. The van der Waals surface area contributed by atoms with E-state index in [0.717, 1.165) is 23.4 Å². The van der Waals surface area contributed by atoms with E-state index < -0.39 is 34.6 Å². The van der Waals surface area contributed by atoms with Gasteiger partial charge in [-0.25, -0.2) is 8.78 Å². The minimum atomic E-state index is -1.42. The average molecular weight is 512 g/mol. The molecule has 36 heavy (non-hydrogen) atoms. The number of hydrogen-bond acceptors (Lipinski definition) is 5. The minimum absolute atomic E-state index is 0.0669. The summed E-state index contributed by atoms with van der Waals surface area (Å²) in [5, 5.41) is 16.2. The van der Waals surface area contributed by atoms with Crippen LogP contribution in [0.3, 0.4) is 0 Å². The number of rotatable bonds is 5. The molecule has 9 heteroatoms. The third kappa shape index (κ3) is 5.00. The van der Waals surface area contributed by atoms with Crippen molar-refractivity contribution in [2.75, 3.05) is 13.2 Å². The van der Waals surface area contributed by atoms with Gasteiger partial charge in [-0.15, -0.1) is 0 Å². The van der Waals surface area contributed by atoms with Crippen molar-refractivity contribution >= 4 is 23.2 Å². The first-order chi connectivity index (χ1) is 17.2. The molecule has 0 radical (unpaired) electrons. The zero-order valence-corrected chi connectivity index (χ0v) is 20.7. The number of pyridine rings is 1. The molecule has 0 saturated carbocycles. The van der Waals surface area contributed by atoms with Gasteiger partial charge in [0.05, 0.1) is 24.9 Å². The van der Waals surface area contributed by atoms with E-state index in [0.29, 0.717) is 5.56 Å². The Balaban J connectivity index is 1.70. The van der Waals surface area contributed by atoms with E-state index in [-0.39, 0.29) is 30.3 Å². The smallest absolute Gasteiger partial charge is 0.257 e. The van der Waals surface area contributed by atoms with E-state index in [9.17, 15) is 14.3 Å². The van der Waals surface area contributed by atoms with Crippen LogP contribution in [-0.2, 0) is 10.3 Å². The number of aryl methyl sites for hydroxylation is 1. The maximum atomic E-state index is 15.2. The summed E-state index contributed by atoms with van der Waals surface area (Å²) in [4.78, 5) is 17.0. The van der Waals surface area contributed by atoms with Gasteiger partial charge < -0.3 is 15.2 Å². The van der Waals surface area contributed by atoms with Crippen molar-refractivity contribution in [3.8, 4) is 0 Å². The van der Waals surface area contributed by atoms with Crippen LogP contribution in [0.15, 0.2) is 66.9 Å². The molecule has 1 aliphatic heterocycles. The molecule has 1 fully saturated rings. The zero-order chi connectivity index (χ0) is 25.9. The second-order valence-electron chi connectivity index (χ2n) is 9.26. The molecular formula is C27H27F2N3O3S. The van der Waals surface area contributed by atoms with Crippen molar-refractivity contribution in [3.63, 3.8) is 0 Å². The summed E-state index contributed by atoms with van der Waals surface area (Å²) >= 11 is 5.45. The molecule has 1 saturated heterocycles. The van der Waals surface area contributed by atoms with Gasteiger partial charge in [-0.1, -0.05) is 37.3 Å². The molecule has 188 valence electrons. The number of carbonyl (C=O) groups excluding carboxylic acids is 1. The lowest BCUT2D eigenvalue weighted by Gasteiger charge is -2.54. The summed E-state index contributed by atoms with van der Waals surface area (Å²) in [5.74, 6) is -2.01. The van der Waals surface area contributed by atoms with Crippen molar-refractivity contribution in [1.82, 2.24) is 15.6 Å². The predicted octanol–water partition coefficient (Wildman–Crippen LogP) is 4.33. The van der Waals surface area contributed by atoms with Crippen molar-refractivity contribution < 1.29 is 23.4 Å². The molecule has 4 rings (SSSR count). The number of thiocarbonyl (C=S) groups is 1. The summed E-state index contributed by atoms with van der Waals surface area (Å²) < 4.78 is 35.3. The number of nitrogens with one attached hydrogen (secondary N) is 2. The first kappa shape index (κ1) is 25.8. The van der Waals surface area contributed by atoms with Gasteiger partial charge in [0.2, 0.25) is 0 Å². The molecule has 0 spiro atoms. The second kappa shape index (κ2) is 10.4. The van der Waals surface area contributed by atoms with E-state index in [1.165, 1.54) is 6.07 Å². The second-order valence-corrected chi connectivity index (χ2v) is 9.67. The highest BCUT2D eigenvalue weighted by atomic mass is 32.1. The Labute approximate surface area is 213 Å². The number of aliphatic hydroxyl groups is 1. The van der Waals surface area contributed by atoms with Crippen LogP contribution in [0.25, 0.3) is 0 Å². The topological polar surface area (TPSA) is 83.5 Å². The Morgan fingerprint density at radius 1 is 1.19 bits per heavy atom. The van der Waals surface area contributed by atoms with E-state index in [4.69, 9.17) is 17.0 Å². The number of amides is 1. The fourth-order valence-corrected chi connectivity index (χ4v) is 4.88. The highest BCUT2D eigenvalue weighted by Crippen LogP contribution is 2.51. The van der Waals surface area contributed by atoms with Gasteiger partial charge in [-0.3, -0.25) is 15.1 Å². The van der Waals surface area contributed by atoms with Gasteiger partial charge >= 0.3 is 0 Å². The number of nitrogens with zero attached hydrogens (tertiary/aromatic N) is 1. The molecule has 1 aromatic heterocycles. The molecule has 1 aliphatic rings. The molecule has 2 aromatic carbocycles. The summed E-state index contributed by atoms with van der Waals surface area (Å²) in [7, 11) is 0. The lowest BCUT2D eigenvalue weighted by Crippen LogP contribution is -2.65. The molecule has 1 amide bonds. The Morgan fingerprint density at radius 3 is 2.58 bits per heavy atom. The molecule has 0 bridgehead atoms. The molecular weight excluding hydrogens is 484 g/mol. The molecule has 3 aromatic rings. The zero-order valence-electron chi connectivity index (χ0n) is 19.9. The van der Waals surface area contributed by atoms with Crippen molar-refractivity contribution in [3.05, 3.63) is 101 Å². The van der Waals surface area contributed by atoms with Crippen LogP contribution < -0.4 is 10.6 Å². The monoisotopic (exact) mass is 511 g/mol. The van der Waals surface area contributed by atoms with Crippen molar-refractivity contribution in [1.29, 1.82) is 0 Å². The van der Waals surface area contributed by atoms with Crippen molar-refractivity contribution in [2.45, 2.75) is 31.9 Å². The number of aliphatic hydroxyl groups excluding tert-OH is 1. The van der Waals surface area contributed by atoms with Gasteiger partial charge in [0.25, 0.3) is 5.91 Å². The molecule has 3 atom stereocenters. The Bertz CT molecular complexity index is 1260. The van der Waals surface area contributed by atoms with E-state index in [1.807, 2.05) is 19.1 Å².